The van der Waals surface area contributed by atoms with Gasteiger partial charge in [-0.2, -0.15) is 0 Å². The molecule has 0 radical (unpaired) electrons. The number of hydrogen-bond donors (Lipinski definition) is 3. The first-order chi connectivity index (χ1) is 14.7. The monoisotopic (exact) mass is 423 g/mol. The van der Waals surface area contributed by atoms with E-state index in [1.165, 1.54) is 24.4 Å². The minimum atomic E-state index is -1.90. The quantitative estimate of drug-likeness (QED) is 0.378. The van der Waals surface area contributed by atoms with Crippen LogP contribution < -0.4 is 5.32 Å². The fourth-order valence-corrected chi connectivity index (χ4v) is 3.16. The van der Waals surface area contributed by atoms with Crippen molar-refractivity contribution in [3.8, 4) is 0 Å². The SMILES string of the molecule is CC(C)(CC(=O)c1cnc2ccccc2n1)C(=O)N[C@@H](Cc1ccccc1F)B(O)O. The summed E-state index contributed by atoms with van der Waals surface area (Å²) in [7, 11) is -1.90. The normalized spacial score (nSPS) is 12.4. The maximum absolute atomic E-state index is 13.9. The van der Waals surface area contributed by atoms with Crippen molar-refractivity contribution in [1.82, 2.24) is 15.3 Å². The summed E-state index contributed by atoms with van der Waals surface area (Å²) >= 11 is 0. The van der Waals surface area contributed by atoms with Gasteiger partial charge in [0.05, 0.1) is 28.6 Å². The number of nitrogens with zero attached hydrogens (tertiary/aromatic N) is 2. The number of amides is 1. The predicted molar refractivity (Wildman–Crippen MR) is 114 cm³/mol. The first kappa shape index (κ1) is 22.5. The fraction of sp³-hybridized carbons (Fsp3) is 0.273. The number of halogens is 1. The number of Topliss-reactive ketones (excluding diaryl/α,β-unsaturated/α-hetero) is 1. The molecular formula is C22H23BFN3O4. The lowest BCUT2D eigenvalue weighted by atomic mass is 9.74. The van der Waals surface area contributed by atoms with Gasteiger partial charge in [0.1, 0.15) is 11.5 Å². The zero-order chi connectivity index (χ0) is 22.6. The number of rotatable bonds is 8. The maximum Gasteiger partial charge on any atom is 0.475 e. The molecule has 1 amide bonds. The van der Waals surface area contributed by atoms with Crippen LogP contribution in [0.1, 0.15) is 36.3 Å². The van der Waals surface area contributed by atoms with Crippen molar-refractivity contribution in [2.24, 2.45) is 5.41 Å². The molecule has 0 fully saturated rings. The van der Waals surface area contributed by atoms with Crippen LogP contribution in [-0.4, -0.2) is 44.8 Å². The van der Waals surface area contributed by atoms with Crippen LogP contribution in [0.2, 0.25) is 0 Å². The topological polar surface area (TPSA) is 112 Å². The Hall–Kier alpha value is -3.17. The Morgan fingerprint density at radius 3 is 2.42 bits per heavy atom. The highest BCUT2D eigenvalue weighted by Crippen LogP contribution is 2.24. The van der Waals surface area contributed by atoms with Crippen molar-refractivity contribution in [2.45, 2.75) is 32.6 Å². The van der Waals surface area contributed by atoms with Crippen molar-refractivity contribution in [2.75, 3.05) is 0 Å². The predicted octanol–water partition coefficient (Wildman–Crippen LogP) is 2.11. The van der Waals surface area contributed by atoms with Gasteiger partial charge in [0.2, 0.25) is 5.91 Å². The van der Waals surface area contributed by atoms with E-state index in [0.717, 1.165) is 0 Å². The third-order valence-electron chi connectivity index (χ3n) is 5.03. The number of carbonyl (C=O) groups excluding carboxylic acids is 2. The second-order valence-corrected chi connectivity index (χ2v) is 8.02. The van der Waals surface area contributed by atoms with E-state index < -0.39 is 30.2 Å². The second kappa shape index (κ2) is 9.32. The molecule has 7 nitrogen and oxygen atoms in total. The minimum Gasteiger partial charge on any atom is -0.426 e. The van der Waals surface area contributed by atoms with Crippen LogP contribution in [0.5, 0.6) is 0 Å². The molecule has 3 N–H and O–H groups in total. The highest BCUT2D eigenvalue weighted by atomic mass is 19.1. The lowest BCUT2D eigenvalue weighted by Gasteiger charge is -2.26. The molecule has 9 heteroatoms. The lowest BCUT2D eigenvalue weighted by Crippen LogP contribution is -2.52. The van der Waals surface area contributed by atoms with Crippen LogP contribution in [0.15, 0.2) is 54.7 Å². The number of aromatic nitrogens is 2. The van der Waals surface area contributed by atoms with Gasteiger partial charge >= 0.3 is 7.12 Å². The Kier molecular flexibility index (Phi) is 6.77. The van der Waals surface area contributed by atoms with E-state index in [0.29, 0.717) is 11.0 Å². The molecule has 160 valence electrons. The number of nitrogens with one attached hydrogen (secondary N) is 1. The van der Waals surface area contributed by atoms with E-state index in [1.54, 1.807) is 38.1 Å². The van der Waals surface area contributed by atoms with Gasteiger partial charge in [-0.05, 0) is 30.2 Å². The van der Waals surface area contributed by atoms with Gasteiger partial charge in [-0.3, -0.25) is 14.6 Å². The molecule has 1 heterocycles. The highest BCUT2D eigenvalue weighted by molar-refractivity contribution is 6.43. The second-order valence-electron chi connectivity index (χ2n) is 8.02. The molecule has 3 aromatic rings. The average molecular weight is 423 g/mol. The Morgan fingerprint density at radius 2 is 1.74 bits per heavy atom. The van der Waals surface area contributed by atoms with Crippen LogP contribution in [-0.2, 0) is 11.2 Å². The van der Waals surface area contributed by atoms with Crippen LogP contribution in [0.3, 0.4) is 0 Å². The molecule has 0 unspecified atom stereocenters. The first-order valence-electron chi connectivity index (χ1n) is 9.83. The summed E-state index contributed by atoms with van der Waals surface area (Å²) in [5.41, 5.74) is 0.436. The third-order valence-corrected chi connectivity index (χ3v) is 5.03. The lowest BCUT2D eigenvalue weighted by molar-refractivity contribution is -0.129. The standard InChI is InChI=1S/C22H23BFN3O4/c1-22(2,12-19(28)18-13-25-16-9-5-6-10-17(16)26-18)21(29)27-20(23(30)31)11-14-7-3-4-8-15(14)24/h3-10,13,20,30-31H,11-12H2,1-2H3,(H,27,29)/t20-/m0/s1. The molecule has 0 aliphatic heterocycles. The van der Waals surface area contributed by atoms with E-state index in [1.807, 2.05) is 6.07 Å². The smallest absolute Gasteiger partial charge is 0.426 e. The Labute approximate surface area is 179 Å². The number of fused-ring (bicyclic) bond motifs is 1. The van der Waals surface area contributed by atoms with Gasteiger partial charge in [0, 0.05) is 6.42 Å². The van der Waals surface area contributed by atoms with Crippen molar-refractivity contribution in [3.63, 3.8) is 0 Å². The molecule has 2 aromatic carbocycles. The molecule has 31 heavy (non-hydrogen) atoms. The summed E-state index contributed by atoms with van der Waals surface area (Å²) in [6.07, 6.45) is 1.09. The number of carbonyl (C=O) groups is 2. The van der Waals surface area contributed by atoms with Gasteiger partial charge < -0.3 is 15.4 Å². The van der Waals surface area contributed by atoms with Gasteiger partial charge in [0.25, 0.3) is 0 Å². The number of hydrogen-bond acceptors (Lipinski definition) is 6. The van der Waals surface area contributed by atoms with Gasteiger partial charge in [0.15, 0.2) is 5.78 Å². The summed E-state index contributed by atoms with van der Waals surface area (Å²) in [6, 6.07) is 13.0. The Morgan fingerprint density at radius 1 is 1.10 bits per heavy atom. The fourth-order valence-electron chi connectivity index (χ4n) is 3.16. The average Bonchev–Trinajstić information content (AvgIpc) is 2.73. The van der Waals surface area contributed by atoms with E-state index in [-0.39, 0.29) is 29.9 Å². The minimum absolute atomic E-state index is 0.115. The zero-order valence-corrected chi connectivity index (χ0v) is 17.2. The van der Waals surface area contributed by atoms with Crippen molar-refractivity contribution >= 4 is 29.8 Å². The van der Waals surface area contributed by atoms with Crippen LogP contribution >= 0.6 is 0 Å². The van der Waals surface area contributed by atoms with E-state index in [2.05, 4.69) is 15.3 Å². The van der Waals surface area contributed by atoms with Crippen LogP contribution in [0.25, 0.3) is 11.0 Å². The summed E-state index contributed by atoms with van der Waals surface area (Å²) in [4.78, 5) is 34.1. The molecule has 0 aliphatic carbocycles. The van der Waals surface area contributed by atoms with E-state index in [4.69, 9.17) is 0 Å². The Bertz CT molecular complexity index is 1110. The molecule has 0 bridgehead atoms. The highest BCUT2D eigenvalue weighted by Gasteiger charge is 2.35. The summed E-state index contributed by atoms with van der Waals surface area (Å²) in [6.45, 7) is 3.14. The molecular weight excluding hydrogens is 400 g/mol. The van der Waals surface area contributed by atoms with Crippen LogP contribution in [0, 0.1) is 11.2 Å². The van der Waals surface area contributed by atoms with Gasteiger partial charge in [-0.15, -0.1) is 0 Å². The maximum atomic E-state index is 13.9. The summed E-state index contributed by atoms with van der Waals surface area (Å²) in [5.74, 6) is -2.58. The number of ketones is 1. The van der Waals surface area contributed by atoms with E-state index >= 15 is 0 Å². The zero-order valence-electron chi connectivity index (χ0n) is 17.2. The molecule has 0 aliphatic rings. The molecule has 0 spiro atoms. The summed E-state index contributed by atoms with van der Waals surface area (Å²) < 4.78 is 13.9. The largest absolute Gasteiger partial charge is 0.475 e. The van der Waals surface area contributed by atoms with Crippen molar-refractivity contribution in [3.05, 3.63) is 71.8 Å². The van der Waals surface area contributed by atoms with Crippen molar-refractivity contribution < 1.29 is 24.0 Å². The third kappa shape index (κ3) is 5.50. The first-order valence-corrected chi connectivity index (χ1v) is 9.83. The Balaban J connectivity index is 1.71. The summed E-state index contributed by atoms with van der Waals surface area (Å²) in [5, 5.41) is 21.9. The molecule has 0 saturated carbocycles. The van der Waals surface area contributed by atoms with Gasteiger partial charge in [-0.1, -0.05) is 44.2 Å². The molecule has 0 saturated heterocycles. The molecule has 3 rings (SSSR count). The number of para-hydroxylation sites is 2. The van der Waals surface area contributed by atoms with Gasteiger partial charge in [-0.25, -0.2) is 9.37 Å². The van der Waals surface area contributed by atoms with Crippen molar-refractivity contribution in [1.29, 1.82) is 0 Å². The van der Waals surface area contributed by atoms with E-state index in [9.17, 15) is 24.0 Å². The van der Waals surface area contributed by atoms with Crippen LogP contribution in [0.4, 0.5) is 4.39 Å². The molecule has 1 aromatic heterocycles. The molecule has 1 atom stereocenters. The number of benzene rings is 2.